The van der Waals surface area contributed by atoms with Crippen molar-refractivity contribution in [1.82, 2.24) is 0 Å². The van der Waals surface area contributed by atoms with Gasteiger partial charge in [0.2, 0.25) is 5.78 Å². The molecule has 14 heavy (non-hydrogen) atoms. The van der Waals surface area contributed by atoms with Crippen LogP contribution in [-0.4, -0.2) is 41.3 Å². The van der Waals surface area contributed by atoms with Crippen LogP contribution in [0, 0.1) is 0 Å². The van der Waals surface area contributed by atoms with E-state index in [0.717, 1.165) is 0 Å². The van der Waals surface area contributed by atoms with Crippen molar-refractivity contribution in [3.8, 4) is 0 Å². The standard InChI is InChI=1S/C9H14O5/c1-5(11)7(12)8-6(4-10)13-9(2,3)14-8/h6,8,10H,4H2,1-3H3/t6-,8-/m1/s1. The Kier molecular flexibility index (Phi) is 3.04. The predicted molar refractivity (Wildman–Crippen MR) is 46.6 cm³/mol. The summed E-state index contributed by atoms with van der Waals surface area (Å²) >= 11 is 0. The lowest BCUT2D eigenvalue weighted by molar-refractivity contribution is -0.158. The average molecular weight is 202 g/mol. The van der Waals surface area contributed by atoms with Crippen molar-refractivity contribution in [1.29, 1.82) is 0 Å². The monoisotopic (exact) mass is 202 g/mol. The van der Waals surface area contributed by atoms with Crippen LogP contribution in [0.2, 0.25) is 0 Å². The van der Waals surface area contributed by atoms with Crippen LogP contribution < -0.4 is 0 Å². The molecular weight excluding hydrogens is 188 g/mol. The zero-order valence-corrected chi connectivity index (χ0v) is 8.44. The largest absolute Gasteiger partial charge is 0.394 e. The smallest absolute Gasteiger partial charge is 0.229 e. The average Bonchev–Trinajstić information content (AvgIpc) is 2.39. The second-order valence-corrected chi connectivity index (χ2v) is 3.70. The molecule has 0 radical (unpaired) electrons. The quantitative estimate of drug-likeness (QED) is 0.634. The van der Waals surface area contributed by atoms with E-state index in [0.29, 0.717) is 0 Å². The van der Waals surface area contributed by atoms with Gasteiger partial charge in [-0.3, -0.25) is 9.59 Å². The first-order valence-electron chi connectivity index (χ1n) is 4.38. The number of rotatable bonds is 3. The van der Waals surface area contributed by atoms with Crippen molar-refractivity contribution in [2.45, 2.75) is 38.8 Å². The third-order valence-electron chi connectivity index (χ3n) is 1.97. The van der Waals surface area contributed by atoms with E-state index in [1.807, 2.05) is 0 Å². The summed E-state index contributed by atoms with van der Waals surface area (Å²) in [4.78, 5) is 22.2. The van der Waals surface area contributed by atoms with Crippen molar-refractivity contribution in [3.05, 3.63) is 0 Å². The van der Waals surface area contributed by atoms with Crippen LogP contribution in [0.3, 0.4) is 0 Å². The molecule has 5 heteroatoms. The zero-order chi connectivity index (χ0) is 10.9. The molecule has 0 spiro atoms. The first-order chi connectivity index (χ1) is 6.37. The Morgan fingerprint density at radius 1 is 1.36 bits per heavy atom. The maximum absolute atomic E-state index is 11.3. The number of Topliss-reactive ketones (excluding diaryl/α,β-unsaturated/α-hetero) is 2. The molecule has 0 aromatic heterocycles. The Morgan fingerprint density at radius 2 is 1.93 bits per heavy atom. The summed E-state index contributed by atoms with van der Waals surface area (Å²) < 4.78 is 10.5. The molecule has 5 nitrogen and oxygen atoms in total. The van der Waals surface area contributed by atoms with Gasteiger partial charge in [-0.15, -0.1) is 0 Å². The second-order valence-electron chi connectivity index (χ2n) is 3.70. The third kappa shape index (κ3) is 2.17. The van der Waals surface area contributed by atoms with Gasteiger partial charge in [0.25, 0.3) is 0 Å². The van der Waals surface area contributed by atoms with Gasteiger partial charge in [-0.2, -0.15) is 0 Å². The summed E-state index contributed by atoms with van der Waals surface area (Å²) in [7, 11) is 0. The lowest BCUT2D eigenvalue weighted by atomic mass is 10.1. The van der Waals surface area contributed by atoms with Gasteiger partial charge >= 0.3 is 0 Å². The van der Waals surface area contributed by atoms with E-state index >= 15 is 0 Å². The molecule has 1 fully saturated rings. The fourth-order valence-corrected chi connectivity index (χ4v) is 1.39. The molecule has 1 saturated heterocycles. The van der Waals surface area contributed by atoms with E-state index in [9.17, 15) is 9.59 Å². The molecule has 1 N–H and O–H groups in total. The molecule has 0 aromatic carbocycles. The fourth-order valence-electron chi connectivity index (χ4n) is 1.39. The van der Waals surface area contributed by atoms with Gasteiger partial charge in [0, 0.05) is 6.92 Å². The van der Waals surface area contributed by atoms with Gasteiger partial charge in [-0.25, -0.2) is 0 Å². The molecule has 0 bridgehead atoms. The maximum atomic E-state index is 11.3. The number of carbonyl (C=O) groups is 2. The number of ketones is 2. The molecule has 1 aliphatic rings. The van der Waals surface area contributed by atoms with E-state index < -0.39 is 29.6 Å². The van der Waals surface area contributed by atoms with Crippen LogP contribution in [0.4, 0.5) is 0 Å². The Balaban J connectivity index is 2.78. The number of aliphatic hydroxyl groups excluding tert-OH is 1. The lowest BCUT2D eigenvalue weighted by Gasteiger charge is -2.15. The first-order valence-corrected chi connectivity index (χ1v) is 4.38. The molecule has 1 aliphatic heterocycles. The third-order valence-corrected chi connectivity index (χ3v) is 1.97. The highest BCUT2D eigenvalue weighted by atomic mass is 16.8. The minimum absolute atomic E-state index is 0.340. The molecule has 80 valence electrons. The van der Waals surface area contributed by atoms with E-state index in [1.165, 1.54) is 6.92 Å². The molecule has 0 saturated carbocycles. The van der Waals surface area contributed by atoms with Crippen LogP contribution in [0.15, 0.2) is 0 Å². The Morgan fingerprint density at radius 3 is 2.36 bits per heavy atom. The number of aliphatic hydroxyl groups is 1. The van der Waals surface area contributed by atoms with Crippen molar-refractivity contribution in [3.63, 3.8) is 0 Å². The maximum Gasteiger partial charge on any atom is 0.229 e. The summed E-state index contributed by atoms with van der Waals surface area (Å²) in [5.74, 6) is -2.17. The van der Waals surface area contributed by atoms with Gasteiger partial charge < -0.3 is 14.6 Å². The topological polar surface area (TPSA) is 72.8 Å². The van der Waals surface area contributed by atoms with Crippen molar-refractivity contribution >= 4 is 11.6 Å². The van der Waals surface area contributed by atoms with Crippen LogP contribution in [0.5, 0.6) is 0 Å². The van der Waals surface area contributed by atoms with Crippen LogP contribution in [0.25, 0.3) is 0 Å². The molecule has 0 aliphatic carbocycles. The second kappa shape index (κ2) is 3.76. The number of hydrogen-bond donors (Lipinski definition) is 1. The molecule has 0 amide bonds. The summed E-state index contributed by atoms with van der Waals surface area (Å²) in [5.41, 5.74) is 0. The summed E-state index contributed by atoms with van der Waals surface area (Å²) in [5, 5.41) is 8.93. The van der Waals surface area contributed by atoms with Gasteiger partial charge in [-0.1, -0.05) is 0 Å². The predicted octanol–water partition coefficient (Wildman–Crippen LogP) is -0.343. The van der Waals surface area contributed by atoms with Gasteiger partial charge in [0.15, 0.2) is 17.7 Å². The normalized spacial score (nSPS) is 30.3. The van der Waals surface area contributed by atoms with Crippen molar-refractivity contribution < 1.29 is 24.2 Å². The van der Waals surface area contributed by atoms with E-state index in [2.05, 4.69) is 0 Å². The fraction of sp³-hybridized carbons (Fsp3) is 0.778. The Labute approximate surface area is 82.0 Å². The van der Waals surface area contributed by atoms with E-state index in [1.54, 1.807) is 13.8 Å². The molecule has 1 heterocycles. The highest BCUT2D eigenvalue weighted by Crippen LogP contribution is 2.28. The number of carbonyl (C=O) groups excluding carboxylic acids is 2. The van der Waals surface area contributed by atoms with E-state index in [4.69, 9.17) is 14.6 Å². The van der Waals surface area contributed by atoms with Crippen LogP contribution >= 0.6 is 0 Å². The molecule has 1 rings (SSSR count). The minimum Gasteiger partial charge on any atom is -0.394 e. The van der Waals surface area contributed by atoms with Crippen LogP contribution in [0.1, 0.15) is 20.8 Å². The Hall–Kier alpha value is -0.780. The first kappa shape index (κ1) is 11.3. The zero-order valence-electron chi connectivity index (χ0n) is 8.44. The summed E-state index contributed by atoms with van der Waals surface area (Å²) in [6.45, 7) is 4.09. The van der Waals surface area contributed by atoms with Crippen LogP contribution in [-0.2, 0) is 19.1 Å². The minimum atomic E-state index is -0.979. The SMILES string of the molecule is CC(=O)C(=O)[C@@H]1OC(C)(C)O[C@@H]1CO. The number of hydrogen-bond acceptors (Lipinski definition) is 5. The van der Waals surface area contributed by atoms with Gasteiger partial charge in [-0.05, 0) is 13.8 Å². The molecule has 2 atom stereocenters. The van der Waals surface area contributed by atoms with Crippen molar-refractivity contribution in [2.24, 2.45) is 0 Å². The van der Waals surface area contributed by atoms with E-state index in [-0.39, 0.29) is 6.61 Å². The lowest BCUT2D eigenvalue weighted by Crippen LogP contribution is -2.37. The molecular formula is C9H14O5. The van der Waals surface area contributed by atoms with Crippen molar-refractivity contribution in [2.75, 3.05) is 6.61 Å². The van der Waals surface area contributed by atoms with Gasteiger partial charge in [0.05, 0.1) is 6.61 Å². The summed E-state index contributed by atoms with van der Waals surface area (Å²) in [6.07, 6.45) is -1.73. The molecule has 0 unspecified atom stereocenters. The number of ether oxygens (including phenoxy) is 2. The highest BCUT2D eigenvalue weighted by Gasteiger charge is 2.45. The van der Waals surface area contributed by atoms with Gasteiger partial charge in [0.1, 0.15) is 6.10 Å². The molecule has 0 aromatic rings. The highest BCUT2D eigenvalue weighted by molar-refractivity contribution is 6.38. The summed E-state index contributed by atoms with van der Waals surface area (Å²) in [6, 6.07) is 0. The Bertz CT molecular complexity index is 258.